The maximum atomic E-state index is 11.4. The van der Waals surface area contributed by atoms with Crippen LogP contribution in [0.25, 0.3) is 6.08 Å². The fourth-order valence-corrected chi connectivity index (χ4v) is 1.64. The van der Waals surface area contributed by atoms with Gasteiger partial charge in [-0.05, 0) is 24.6 Å². The predicted octanol–water partition coefficient (Wildman–Crippen LogP) is 1.65. The van der Waals surface area contributed by atoms with Gasteiger partial charge in [-0.1, -0.05) is 0 Å². The third kappa shape index (κ3) is 1.74. The first-order valence-electron chi connectivity index (χ1n) is 4.87. The fraction of sp³-hybridized carbons (Fsp3) is 0.250. The molecule has 0 aliphatic carbocycles. The molecule has 0 atom stereocenters. The van der Waals surface area contributed by atoms with E-state index in [4.69, 9.17) is 9.47 Å². The van der Waals surface area contributed by atoms with Crippen molar-refractivity contribution in [1.82, 2.24) is 0 Å². The van der Waals surface area contributed by atoms with Crippen molar-refractivity contribution in [2.45, 2.75) is 13.5 Å². The molecule has 0 bridgehead atoms. The molecule has 1 aromatic rings. The van der Waals surface area contributed by atoms with Gasteiger partial charge in [0.15, 0.2) is 5.75 Å². The predicted molar refractivity (Wildman–Crippen MR) is 59.4 cm³/mol. The Bertz CT molecular complexity index is 517. The third-order valence-electron chi connectivity index (χ3n) is 2.48. The number of ether oxygens (including phenoxy) is 2. The van der Waals surface area contributed by atoms with Crippen molar-refractivity contribution >= 4 is 6.08 Å². The number of allylic oxidation sites excluding steroid dienone is 1. The van der Waals surface area contributed by atoms with Gasteiger partial charge < -0.3 is 14.6 Å². The van der Waals surface area contributed by atoms with E-state index in [2.05, 4.69) is 0 Å². The minimum absolute atomic E-state index is 0.287. The number of hydrogen-bond donors (Lipinski definition) is 1. The molecule has 0 saturated carbocycles. The Labute approximate surface area is 92.8 Å². The highest BCUT2D eigenvalue weighted by atomic mass is 16.5. The summed E-state index contributed by atoms with van der Waals surface area (Å²) in [4.78, 5) is 11.4. The van der Waals surface area contributed by atoms with Crippen molar-refractivity contribution in [1.29, 1.82) is 0 Å². The summed E-state index contributed by atoms with van der Waals surface area (Å²) >= 11 is 0. The normalized spacial score (nSPS) is 13.5. The fourth-order valence-electron chi connectivity index (χ4n) is 1.64. The van der Waals surface area contributed by atoms with Gasteiger partial charge in [0.05, 0.1) is 12.9 Å². The number of aromatic hydroxyl groups is 1. The quantitative estimate of drug-likeness (QED) is 0.781. The highest BCUT2D eigenvalue weighted by Crippen LogP contribution is 2.29. The molecule has 0 unspecified atom stereocenters. The highest BCUT2D eigenvalue weighted by molar-refractivity contribution is 5.61. The van der Waals surface area contributed by atoms with Gasteiger partial charge in [0, 0.05) is 11.6 Å². The van der Waals surface area contributed by atoms with Crippen LogP contribution in [0.3, 0.4) is 0 Å². The van der Waals surface area contributed by atoms with Crippen LogP contribution in [0.15, 0.2) is 22.7 Å². The first kappa shape index (κ1) is 10.5. The molecule has 0 fully saturated rings. The lowest BCUT2D eigenvalue weighted by molar-refractivity contribution is 0.195. The van der Waals surface area contributed by atoms with Crippen molar-refractivity contribution < 1.29 is 14.6 Å². The maximum Gasteiger partial charge on any atom is 0.223 e. The lowest BCUT2D eigenvalue weighted by atomic mass is 10.1. The van der Waals surface area contributed by atoms with Crippen molar-refractivity contribution in [3.63, 3.8) is 0 Å². The van der Waals surface area contributed by atoms with E-state index in [1.165, 1.54) is 19.2 Å². The van der Waals surface area contributed by atoms with Gasteiger partial charge in [0.25, 0.3) is 0 Å². The Balaban J connectivity index is 2.78. The van der Waals surface area contributed by atoms with Crippen LogP contribution in [0.5, 0.6) is 11.5 Å². The van der Waals surface area contributed by atoms with Gasteiger partial charge in [0.1, 0.15) is 12.4 Å². The lowest BCUT2D eigenvalue weighted by Gasteiger charge is -2.15. The maximum absolute atomic E-state index is 11.4. The summed E-state index contributed by atoms with van der Waals surface area (Å²) in [5.74, 6) is 0.891. The molecule has 0 spiro atoms. The first-order valence-corrected chi connectivity index (χ1v) is 4.87. The molecule has 1 heterocycles. The number of methoxy groups -OCH3 is 1. The van der Waals surface area contributed by atoms with E-state index in [0.29, 0.717) is 12.4 Å². The minimum Gasteiger partial charge on any atom is -0.504 e. The van der Waals surface area contributed by atoms with Crippen molar-refractivity contribution in [3.8, 4) is 11.5 Å². The molecule has 0 saturated heterocycles. The summed E-state index contributed by atoms with van der Waals surface area (Å²) in [6.07, 6.45) is 1.76. The SMILES string of the molecule is COc1cc(=O)c(O)cc2c1COC(C)=C2. The number of fused-ring (bicyclic) bond motifs is 1. The largest absolute Gasteiger partial charge is 0.504 e. The molecule has 4 nitrogen and oxygen atoms in total. The van der Waals surface area contributed by atoms with Gasteiger partial charge in [-0.15, -0.1) is 0 Å². The third-order valence-corrected chi connectivity index (χ3v) is 2.48. The standard InChI is InChI=1S/C12H12O4/c1-7-3-8-4-10(13)11(14)5-12(15-2)9(8)6-16-7/h3-5H,6H2,1-2H3,(H,13,14). The molecule has 84 valence electrons. The zero-order valence-corrected chi connectivity index (χ0v) is 9.11. The Hall–Kier alpha value is -1.97. The van der Waals surface area contributed by atoms with Crippen molar-refractivity contribution in [2.75, 3.05) is 7.11 Å². The average molecular weight is 220 g/mol. The lowest BCUT2D eigenvalue weighted by Crippen LogP contribution is -2.01. The van der Waals surface area contributed by atoms with Crippen LogP contribution >= 0.6 is 0 Å². The van der Waals surface area contributed by atoms with Gasteiger partial charge in [-0.2, -0.15) is 0 Å². The molecule has 16 heavy (non-hydrogen) atoms. The van der Waals surface area contributed by atoms with Crippen LogP contribution in [-0.4, -0.2) is 12.2 Å². The molecule has 2 rings (SSSR count). The van der Waals surface area contributed by atoms with E-state index >= 15 is 0 Å². The Morgan fingerprint density at radius 1 is 1.44 bits per heavy atom. The van der Waals surface area contributed by atoms with E-state index in [1.54, 1.807) is 6.08 Å². The van der Waals surface area contributed by atoms with Crippen LogP contribution in [-0.2, 0) is 11.3 Å². The molecule has 1 aromatic carbocycles. The second-order valence-corrected chi connectivity index (χ2v) is 3.58. The van der Waals surface area contributed by atoms with Crippen LogP contribution in [0.2, 0.25) is 0 Å². The smallest absolute Gasteiger partial charge is 0.223 e. The Morgan fingerprint density at radius 2 is 2.19 bits per heavy atom. The van der Waals surface area contributed by atoms with E-state index in [9.17, 15) is 9.90 Å². The zero-order valence-electron chi connectivity index (χ0n) is 9.11. The Morgan fingerprint density at radius 3 is 2.88 bits per heavy atom. The van der Waals surface area contributed by atoms with Gasteiger partial charge in [-0.25, -0.2) is 0 Å². The van der Waals surface area contributed by atoms with Crippen molar-refractivity contribution in [2.24, 2.45) is 0 Å². The topological polar surface area (TPSA) is 55.8 Å². The molecule has 1 aliphatic rings. The molecule has 0 aromatic heterocycles. The molecule has 1 aliphatic heterocycles. The van der Waals surface area contributed by atoms with E-state index in [1.807, 2.05) is 6.92 Å². The molecule has 0 radical (unpaired) electrons. The van der Waals surface area contributed by atoms with E-state index in [-0.39, 0.29) is 5.75 Å². The summed E-state index contributed by atoms with van der Waals surface area (Å²) in [7, 11) is 1.48. The van der Waals surface area contributed by atoms with E-state index < -0.39 is 5.43 Å². The van der Waals surface area contributed by atoms with Crippen LogP contribution in [0, 0.1) is 0 Å². The molecular formula is C12H12O4. The molecule has 0 amide bonds. The summed E-state index contributed by atoms with van der Waals surface area (Å²) in [5, 5.41) is 9.50. The summed E-state index contributed by atoms with van der Waals surface area (Å²) in [6.45, 7) is 2.16. The summed E-state index contributed by atoms with van der Waals surface area (Å²) < 4.78 is 10.5. The number of rotatable bonds is 1. The molecule has 1 N–H and O–H groups in total. The average Bonchev–Trinajstić information content (AvgIpc) is 2.36. The van der Waals surface area contributed by atoms with Gasteiger partial charge in [-0.3, -0.25) is 4.79 Å². The van der Waals surface area contributed by atoms with Crippen molar-refractivity contribution in [3.05, 3.63) is 39.2 Å². The number of hydrogen-bond acceptors (Lipinski definition) is 4. The summed E-state index contributed by atoms with van der Waals surface area (Å²) in [6, 6.07) is 2.71. The van der Waals surface area contributed by atoms with Gasteiger partial charge >= 0.3 is 0 Å². The second kappa shape index (κ2) is 3.89. The van der Waals surface area contributed by atoms with E-state index in [0.717, 1.165) is 16.9 Å². The molecule has 4 heteroatoms. The minimum atomic E-state index is -0.461. The summed E-state index contributed by atoms with van der Waals surface area (Å²) in [5.41, 5.74) is 1.06. The van der Waals surface area contributed by atoms with Crippen LogP contribution < -0.4 is 10.2 Å². The molecular weight excluding hydrogens is 208 g/mol. The monoisotopic (exact) mass is 220 g/mol. The highest BCUT2D eigenvalue weighted by Gasteiger charge is 2.14. The van der Waals surface area contributed by atoms with Gasteiger partial charge in [0.2, 0.25) is 5.43 Å². The Kier molecular flexibility index (Phi) is 2.56. The van der Waals surface area contributed by atoms with Crippen LogP contribution in [0.4, 0.5) is 0 Å². The zero-order chi connectivity index (χ0) is 11.7. The second-order valence-electron chi connectivity index (χ2n) is 3.58. The first-order chi connectivity index (χ1) is 7.61. The van der Waals surface area contributed by atoms with Crippen LogP contribution in [0.1, 0.15) is 18.1 Å².